The molecule has 2 heterocycles. The van der Waals surface area contributed by atoms with Crippen molar-refractivity contribution in [2.45, 2.75) is 62.6 Å². The molecule has 1 aliphatic heterocycles. The Bertz CT molecular complexity index is 1500. The van der Waals surface area contributed by atoms with Gasteiger partial charge in [0.1, 0.15) is 23.5 Å². The Kier molecular flexibility index (Phi) is 6.20. The molecule has 4 N–H and O–H groups in total. The highest BCUT2D eigenvalue weighted by molar-refractivity contribution is 5.95. The van der Waals surface area contributed by atoms with E-state index < -0.39 is 41.9 Å². The van der Waals surface area contributed by atoms with Crippen molar-refractivity contribution in [1.29, 1.82) is 0 Å². The molecule has 1 amide bonds. The van der Waals surface area contributed by atoms with Gasteiger partial charge in [0.25, 0.3) is 5.91 Å². The third-order valence-corrected chi connectivity index (χ3v) is 7.99. The van der Waals surface area contributed by atoms with Gasteiger partial charge < -0.3 is 20.3 Å². The van der Waals surface area contributed by atoms with Gasteiger partial charge in [-0.3, -0.25) is 10.1 Å². The van der Waals surface area contributed by atoms with Crippen molar-refractivity contribution in [1.82, 2.24) is 20.4 Å². The molecule has 0 radical (unpaired) electrons. The van der Waals surface area contributed by atoms with Crippen LogP contribution in [0.3, 0.4) is 0 Å². The zero-order valence-corrected chi connectivity index (χ0v) is 21.6. The molecule has 1 saturated carbocycles. The molecule has 1 fully saturated rings. The van der Waals surface area contributed by atoms with Crippen molar-refractivity contribution in [3.8, 4) is 11.4 Å². The number of carbonyl (C=O) groups excluding carboxylic acids is 1. The molecule has 2 atom stereocenters. The lowest BCUT2D eigenvalue weighted by Gasteiger charge is -2.38. The molecule has 40 heavy (non-hydrogen) atoms. The van der Waals surface area contributed by atoms with Crippen molar-refractivity contribution < 1.29 is 37.3 Å². The lowest BCUT2D eigenvalue weighted by molar-refractivity contribution is -0.153. The van der Waals surface area contributed by atoms with Crippen LogP contribution in [0.4, 0.5) is 17.6 Å². The Balaban J connectivity index is 1.36. The number of ether oxygens (including phenoxy) is 1. The van der Waals surface area contributed by atoms with Gasteiger partial charge in [-0.25, -0.2) is 9.07 Å². The molecule has 1 aromatic heterocycles. The minimum atomic E-state index is -4.45. The van der Waals surface area contributed by atoms with E-state index in [2.05, 4.69) is 15.7 Å². The smallest absolute Gasteiger partial charge is 0.422 e. The molecule has 2 aliphatic carbocycles. The van der Waals surface area contributed by atoms with E-state index in [9.17, 15) is 32.6 Å². The summed E-state index contributed by atoms with van der Waals surface area (Å²) >= 11 is 0. The van der Waals surface area contributed by atoms with Gasteiger partial charge >= 0.3 is 6.18 Å². The van der Waals surface area contributed by atoms with Crippen molar-refractivity contribution in [3.05, 3.63) is 75.9 Å². The van der Waals surface area contributed by atoms with Crippen molar-refractivity contribution in [2.24, 2.45) is 0 Å². The molecule has 212 valence electrons. The SMILES string of the molecule is Cc1ccc(-n2nc3c(c2C(=O)NCC2(O)CC2)C(O)N[C@@]2(CCc4cc(OCC(F)(F)F)ccc42)C3)cc1F. The number of fused-ring (bicyclic) bond motifs is 3. The highest BCUT2D eigenvalue weighted by Crippen LogP contribution is 2.46. The predicted molar refractivity (Wildman–Crippen MR) is 135 cm³/mol. The van der Waals surface area contributed by atoms with Gasteiger partial charge in [-0.1, -0.05) is 12.1 Å². The van der Waals surface area contributed by atoms with Gasteiger partial charge in [-0.15, -0.1) is 0 Å². The fourth-order valence-electron chi connectivity index (χ4n) is 5.65. The summed E-state index contributed by atoms with van der Waals surface area (Å²) in [4.78, 5) is 13.4. The van der Waals surface area contributed by atoms with Crippen LogP contribution in [0.15, 0.2) is 36.4 Å². The van der Waals surface area contributed by atoms with Gasteiger partial charge in [-0.2, -0.15) is 18.3 Å². The fourth-order valence-corrected chi connectivity index (χ4v) is 5.65. The minimum absolute atomic E-state index is 0.0338. The number of aryl methyl sites for hydroxylation is 2. The number of nitrogens with zero attached hydrogens (tertiary/aromatic N) is 2. The standard InChI is InChI=1S/C28H28F4N4O4/c1-15-2-3-17(11-20(15)29)36-23(25(38)33-13-26(39)8-9-26)22-21(35-36)12-27(34-24(22)37)7-6-16-10-18(4-5-19(16)27)40-14-28(30,31)32/h2-5,10-11,24,34,37,39H,6-9,12-14H2,1H3,(H,33,38)/t24?,27-/m0/s1. The maximum Gasteiger partial charge on any atom is 0.422 e. The van der Waals surface area contributed by atoms with Gasteiger partial charge in [0, 0.05) is 13.0 Å². The van der Waals surface area contributed by atoms with Gasteiger partial charge in [0.15, 0.2) is 6.61 Å². The molecule has 1 spiro atoms. The molecule has 0 saturated heterocycles. The maximum absolute atomic E-state index is 14.5. The van der Waals surface area contributed by atoms with E-state index in [-0.39, 0.29) is 30.0 Å². The molecule has 6 rings (SSSR count). The average Bonchev–Trinajstić information content (AvgIpc) is 3.36. The van der Waals surface area contributed by atoms with Gasteiger partial charge in [0.05, 0.1) is 28.1 Å². The zero-order valence-electron chi connectivity index (χ0n) is 21.6. The monoisotopic (exact) mass is 560 g/mol. The summed E-state index contributed by atoms with van der Waals surface area (Å²) in [6, 6.07) is 9.20. The van der Waals surface area contributed by atoms with E-state index in [1.807, 2.05) is 0 Å². The van der Waals surface area contributed by atoms with Crippen LogP contribution in [-0.4, -0.2) is 50.8 Å². The topological polar surface area (TPSA) is 109 Å². The minimum Gasteiger partial charge on any atom is -0.484 e. The average molecular weight is 561 g/mol. The number of hydrogen-bond donors (Lipinski definition) is 4. The molecule has 0 bridgehead atoms. The zero-order chi connectivity index (χ0) is 28.4. The summed E-state index contributed by atoms with van der Waals surface area (Å²) in [5, 5.41) is 32.2. The van der Waals surface area contributed by atoms with E-state index >= 15 is 0 Å². The van der Waals surface area contributed by atoms with E-state index in [4.69, 9.17) is 4.74 Å². The van der Waals surface area contributed by atoms with Gasteiger partial charge in [0.2, 0.25) is 0 Å². The first-order valence-electron chi connectivity index (χ1n) is 13.0. The summed E-state index contributed by atoms with van der Waals surface area (Å²) < 4.78 is 58.6. The first-order valence-corrected chi connectivity index (χ1v) is 13.0. The quantitative estimate of drug-likeness (QED) is 0.344. The van der Waals surface area contributed by atoms with E-state index in [0.29, 0.717) is 42.6 Å². The number of nitrogens with one attached hydrogen (secondary N) is 2. The Morgan fingerprint density at radius 1 is 1.23 bits per heavy atom. The van der Waals surface area contributed by atoms with E-state index in [1.165, 1.54) is 16.8 Å². The highest BCUT2D eigenvalue weighted by atomic mass is 19.4. The number of rotatable bonds is 6. The fraction of sp³-hybridized carbons (Fsp3) is 0.429. The normalized spacial score (nSPS) is 22.6. The second-order valence-corrected chi connectivity index (χ2v) is 11.0. The maximum atomic E-state index is 14.5. The summed E-state index contributed by atoms with van der Waals surface area (Å²) in [6.45, 7) is 0.260. The lowest BCUT2D eigenvalue weighted by Crippen LogP contribution is -2.48. The Hall–Kier alpha value is -3.48. The number of carbonyl (C=O) groups is 1. The lowest BCUT2D eigenvalue weighted by atomic mass is 9.82. The van der Waals surface area contributed by atoms with Gasteiger partial charge in [-0.05, 0) is 73.6 Å². The predicted octanol–water partition coefficient (Wildman–Crippen LogP) is 3.49. The van der Waals surface area contributed by atoms with Crippen LogP contribution in [0.2, 0.25) is 0 Å². The van der Waals surface area contributed by atoms with Crippen LogP contribution in [0.5, 0.6) is 5.75 Å². The second kappa shape index (κ2) is 9.28. The Morgan fingerprint density at radius 2 is 2.00 bits per heavy atom. The van der Waals surface area contributed by atoms with E-state index in [1.54, 1.807) is 31.2 Å². The number of benzene rings is 2. The highest BCUT2D eigenvalue weighted by Gasteiger charge is 2.47. The van der Waals surface area contributed by atoms with Crippen molar-refractivity contribution in [2.75, 3.05) is 13.2 Å². The number of hydrogen-bond acceptors (Lipinski definition) is 6. The van der Waals surface area contributed by atoms with Crippen molar-refractivity contribution in [3.63, 3.8) is 0 Å². The molecular formula is C28H28F4N4O4. The van der Waals surface area contributed by atoms with Crippen molar-refractivity contribution >= 4 is 5.91 Å². The number of amides is 1. The van der Waals surface area contributed by atoms with Crippen LogP contribution in [0, 0.1) is 12.7 Å². The van der Waals surface area contributed by atoms with E-state index in [0.717, 1.165) is 11.1 Å². The van der Waals surface area contributed by atoms with Crippen LogP contribution in [-0.2, 0) is 18.4 Å². The summed E-state index contributed by atoms with van der Waals surface area (Å²) in [7, 11) is 0. The van der Waals surface area contributed by atoms with Crippen LogP contribution < -0.4 is 15.4 Å². The van der Waals surface area contributed by atoms with Crippen LogP contribution in [0.25, 0.3) is 5.69 Å². The number of alkyl halides is 3. The molecule has 12 heteroatoms. The Morgan fingerprint density at radius 3 is 2.70 bits per heavy atom. The first-order chi connectivity index (χ1) is 18.9. The summed E-state index contributed by atoms with van der Waals surface area (Å²) in [5.74, 6) is -0.940. The number of halogens is 4. The first kappa shape index (κ1) is 26.7. The van der Waals surface area contributed by atoms with Crippen LogP contribution >= 0.6 is 0 Å². The summed E-state index contributed by atoms with van der Waals surface area (Å²) in [5.41, 5.74) is 1.31. The number of aliphatic hydroxyl groups excluding tert-OH is 1. The largest absolute Gasteiger partial charge is 0.484 e. The number of aliphatic hydroxyl groups is 2. The molecule has 1 unspecified atom stereocenters. The molecule has 3 aliphatic rings. The molecule has 3 aromatic rings. The summed E-state index contributed by atoms with van der Waals surface area (Å²) in [6.07, 6.45) is -3.28. The Labute approximate surface area is 227 Å². The third-order valence-electron chi connectivity index (χ3n) is 7.99. The third kappa shape index (κ3) is 4.84. The number of aromatic nitrogens is 2. The van der Waals surface area contributed by atoms with Crippen LogP contribution in [0.1, 0.15) is 63.9 Å². The molecular weight excluding hydrogens is 532 g/mol. The second-order valence-electron chi connectivity index (χ2n) is 11.0. The molecule has 8 nitrogen and oxygen atoms in total. The molecule has 2 aromatic carbocycles.